The van der Waals surface area contributed by atoms with Gasteiger partial charge in [-0.1, -0.05) is 12.1 Å². The van der Waals surface area contributed by atoms with Crippen LogP contribution < -0.4 is 10.6 Å². The predicted molar refractivity (Wildman–Crippen MR) is 116 cm³/mol. The molecule has 0 unspecified atom stereocenters. The van der Waals surface area contributed by atoms with Crippen molar-refractivity contribution in [2.45, 2.75) is 26.3 Å². The summed E-state index contributed by atoms with van der Waals surface area (Å²) < 4.78 is 14.4. The Morgan fingerprint density at radius 3 is 2.34 bits per heavy atom. The van der Waals surface area contributed by atoms with Gasteiger partial charge < -0.3 is 10.6 Å². The lowest BCUT2D eigenvalue weighted by Gasteiger charge is -2.22. The third-order valence-corrected chi connectivity index (χ3v) is 4.27. The van der Waals surface area contributed by atoms with Crippen LogP contribution in [0.2, 0.25) is 0 Å². The molecule has 0 bridgehead atoms. The average molecular weight is 387 g/mol. The maximum atomic E-state index is 14.4. The zero-order valence-electron chi connectivity index (χ0n) is 16.6. The Labute approximate surface area is 169 Å². The first kappa shape index (κ1) is 18.8. The van der Waals surface area contributed by atoms with E-state index in [9.17, 15) is 4.39 Å². The zero-order chi connectivity index (χ0) is 20.4. The number of nitrogens with zero attached hydrogens (tertiary/aromatic N) is 3. The van der Waals surface area contributed by atoms with Crippen LogP contribution in [0.1, 0.15) is 20.8 Å². The Morgan fingerprint density at radius 2 is 1.62 bits per heavy atom. The highest BCUT2D eigenvalue weighted by Crippen LogP contribution is 2.30. The molecule has 0 aliphatic carbocycles. The van der Waals surface area contributed by atoms with Gasteiger partial charge in [-0.15, -0.1) is 0 Å². The van der Waals surface area contributed by atoms with Crippen LogP contribution in [0.3, 0.4) is 0 Å². The first-order valence-corrected chi connectivity index (χ1v) is 9.41. The number of aromatic nitrogens is 3. The Balaban J connectivity index is 1.88. The third-order valence-electron chi connectivity index (χ3n) is 4.27. The molecule has 0 aliphatic rings. The summed E-state index contributed by atoms with van der Waals surface area (Å²) in [6.07, 6.45) is 3.41. The summed E-state index contributed by atoms with van der Waals surface area (Å²) in [5.74, 6) is 0.591. The molecule has 2 N–H and O–H groups in total. The van der Waals surface area contributed by atoms with E-state index in [1.165, 1.54) is 6.07 Å². The maximum absolute atomic E-state index is 14.4. The van der Waals surface area contributed by atoms with Crippen LogP contribution in [-0.2, 0) is 0 Å². The molecule has 5 nitrogen and oxygen atoms in total. The van der Waals surface area contributed by atoms with Crippen LogP contribution in [0.25, 0.3) is 22.3 Å². The second kappa shape index (κ2) is 7.47. The molecular weight excluding hydrogens is 365 g/mol. The van der Waals surface area contributed by atoms with Gasteiger partial charge in [0.05, 0.1) is 11.1 Å². The number of benzene rings is 2. The summed E-state index contributed by atoms with van der Waals surface area (Å²) in [7, 11) is 0. The van der Waals surface area contributed by atoms with Crippen LogP contribution in [-0.4, -0.2) is 20.5 Å². The number of hydrogen-bond donors (Lipinski definition) is 2. The van der Waals surface area contributed by atoms with Gasteiger partial charge in [-0.05, 0) is 63.2 Å². The number of fused-ring (bicyclic) bond motifs is 1. The maximum Gasteiger partial charge on any atom is 0.165 e. The van der Waals surface area contributed by atoms with Crippen molar-refractivity contribution >= 4 is 28.1 Å². The molecule has 146 valence electrons. The van der Waals surface area contributed by atoms with Crippen molar-refractivity contribution in [3.63, 3.8) is 0 Å². The molecular formula is C23H22FN5. The fourth-order valence-corrected chi connectivity index (χ4v) is 3.07. The zero-order valence-corrected chi connectivity index (χ0v) is 16.6. The Bertz CT molecular complexity index is 1150. The van der Waals surface area contributed by atoms with Crippen LogP contribution in [0, 0.1) is 5.82 Å². The summed E-state index contributed by atoms with van der Waals surface area (Å²) in [6, 6.07) is 16.1. The van der Waals surface area contributed by atoms with E-state index in [-0.39, 0.29) is 11.4 Å². The molecule has 0 atom stereocenters. The number of halogens is 1. The minimum absolute atomic E-state index is 0.0830. The highest BCUT2D eigenvalue weighted by Gasteiger charge is 2.15. The van der Waals surface area contributed by atoms with Gasteiger partial charge in [-0.3, -0.25) is 4.98 Å². The number of hydrogen-bond acceptors (Lipinski definition) is 5. The van der Waals surface area contributed by atoms with E-state index >= 15 is 0 Å². The molecule has 0 saturated heterocycles. The normalized spacial score (nSPS) is 11.4. The fourth-order valence-electron chi connectivity index (χ4n) is 3.07. The molecule has 2 aromatic heterocycles. The molecule has 2 aromatic carbocycles. The Hall–Kier alpha value is -3.54. The summed E-state index contributed by atoms with van der Waals surface area (Å²) in [5, 5.41) is 7.64. The molecule has 0 spiro atoms. The van der Waals surface area contributed by atoms with E-state index in [4.69, 9.17) is 0 Å². The van der Waals surface area contributed by atoms with Crippen molar-refractivity contribution in [3.05, 3.63) is 72.8 Å². The topological polar surface area (TPSA) is 62.7 Å². The highest BCUT2D eigenvalue weighted by molar-refractivity contribution is 5.94. The lowest BCUT2D eigenvalue weighted by Crippen LogP contribution is -2.25. The van der Waals surface area contributed by atoms with Gasteiger partial charge in [0.25, 0.3) is 0 Å². The van der Waals surface area contributed by atoms with Crippen molar-refractivity contribution in [1.29, 1.82) is 0 Å². The van der Waals surface area contributed by atoms with E-state index < -0.39 is 0 Å². The van der Waals surface area contributed by atoms with Gasteiger partial charge in [0.1, 0.15) is 11.6 Å². The summed E-state index contributed by atoms with van der Waals surface area (Å²) >= 11 is 0. The number of nitrogens with one attached hydrogen (secondary N) is 2. The first-order chi connectivity index (χ1) is 13.9. The molecule has 4 rings (SSSR count). The standard InChI is InChI=1S/C23H22FN5/c1-23(2,3)29-16-8-9-20-18(14-16)22(26-15-10-12-25-13-11-15)28-21(27-20)17-6-4-5-7-19(17)24/h4-14,29H,1-3H3,(H,25,26,27,28). The lowest BCUT2D eigenvalue weighted by atomic mass is 10.1. The fraction of sp³-hybridized carbons (Fsp3) is 0.174. The van der Waals surface area contributed by atoms with E-state index in [0.717, 1.165) is 22.3 Å². The van der Waals surface area contributed by atoms with Crippen molar-refractivity contribution < 1.29 is 4.39 Å². The first-order valence-electron chi connectivity index (χ1n) is 9.41. The third kappa shape index (κ3) is 4.32. The smallest absolute Gasteiger partial charge is 0.165 e. The summed E-state index contributed by atoms with van der Waals surface area (Å²) in [6.45, 7) is 6.31. The van der Waals surface area contributed by atoms with Crippen molar-refractivity contribution in [2.24, 2.45) is 0 Å². The quantitative estimate of drug-likeness (QED) is 0.464. The van der Waals surface area contributed by atoms with Crippen LogP contribution in [0.5, 0.6) is 0 Å². The molecule has 0 radical (unpaired) electrons. The van der Waals surface area contributed by atoms with Gasteiger partial charge in [0.2, 0.25) is 0 Å². The molecule has 0 saturated carbocycles. The van der Waals surface area contributed by atoms with E-state index in [2.05, 4.69) is 46.4 Å². The van der Waals surface area contributed by atoms with Crippen LogP contribution in [0.4, 0.5) is 21.6 Å². The second-order valence-electron chi connectivity index (χ2n) is 7.84. The minimum Gasteiger partial charge on any atom is -0.380 e. The summed E-state index contributed by atoms with van der Waals surface area (Å²) in [5.41, 5.74) is 2.82. The molecule has 4 aromatic rings. The van der Waals surface area contributed by atoms with Gasteiger partial charge in [-0.25, -0.2) is 14.4 Å². The van der Waals surface area contributed by atoms with Crippen LogP contribution in [0.15, 0.2) is 67.0 Å². The van der Waals surface area contributed by atoms with Crippen molar-refractivity contribution in [1.82, 2.24) is 15.0 Å². The van der Waals surface area contributed by atoms with E-state index in [1.54, 1.807) is 30.6 Å². The van der Waals surface area contributed by atoms with Crippen molar-refractivity contribution in [2.75, 3.05) is 10.6 Å². The molecule has 2 heterocycles. The monoisotopic (exact) mass is 387 g/mol. The second-order valence-corrected chi connectivity index (χ2v) is 7.84. The van der Waals surface area contributed by atoms with Crippen molar-refractivity contribution in [3.8, 4) is 11.4 Å². The number of pyridine rings is 1. The number of anilines is 3. The highest BCUT2D eigenvalue weighted by atomic mass is 19.1. The molecule has 29 heavy (non-hydrogen) atoms. The Kier molecular flexibility index (Phi) is 4.84. The average Bonchev–Trinajstić information content (AvgIpc) is 2.68. The molecule has 0 aliphatic heterocycles. The van der Waals surface area contributed by atoms with Gasteiger partial charge in [0, 0.05) is 34.7 Å². The minimum atomic E-state index is -0.354. The van der Waals surface area contributed by atoms with Gasteiger partial charge in [0.15, 0.2) is 5.82 Å². The number of rotatable bonds is 4. The van der Waals surface area contributed by atoms with E-state index in [0.29, 0.717) is 17.2 Å². The molecule has 0 fully saturated rings. The predicted octanol–water partition coefficient (Wildman–Crippen LogP) is 5.78. The van der Waals surface area contributed by atoms with Gasteiger partial charge >= 0.3 is 0 Å². The SMILES string of the molecule is CC(C)(C)Nc1ccc2nc(-c3ccccc3F)nc(Nc3ccncc3)c2c1. The molecule has 0 amide bonds. The largest absolute Gasteiger partial charge is 0.380 e. The Morgan fingerprint density at radius 1 is 0.862 bits per heavy atom. The van der Waals surface area contributed by atoms with Gasteiger partial charge in [-0.2, -0.15) is 0 Å². The van der Waals surface area contributed by atoms with Crippen LogP contribution >= 0.6 is 0 Å². The summed E-state index contributed by atoms with van der Waals surface area (Å²) in [4.78, 5) is 13.3. The molecule has 6 heteroatoms. The van der Waals surface area contributed by atoms with E-state index in [1.807, 2.05) is 30.3 Å². The lowest BCUT2D eigenvalue weighted by molar-refractivity contribution is 0.630.